The monoisotopic (exact) mass is 236 g/mol. The van der Waals surface area contributed by atoms with E-state index in [1.165, 1.54) is 5.56 Å². The number of aliphatic hydroxyl groups excluding tert-OH is 2. The molecule has 1 aromatic carbocycles. The highest BCUT2D eigenvalue weighted by atomic mass is 16.5. The zero-order chi connectivity index (χ0) is 12.4. The third kappa shape index (κ3) is 2.86. The highest BCUT2D eigenvalue weighted by molar-refractivity contribution is 5.26. The molecule has 1 aliphatic heterocycles. The van der Waals surface area contributed by atoms with E-state index in [0.29, 0.717) is 5.92 Å². The Morgan fingerprint density at radius 2 is 1.88 bits per heavy atom. The lowest BCUT2D eigenvalue weighted by atomic mass is 9.98. The lowest BCUT2D eigenvalue weighted by Crippen LogP contribution is -2.25. The Hall–Kier alpha value is -0.900. The lowest BCUT2D eigenvalue weighted by Gasteiger charge is -2.15. The van der Waals surface area contributed by atoms with E-state index in [2.05, 4.69) is 26.0 Å². The van der Waals surface area contributed by atoms with E-state index in [9.17, 15) is 10.2 Å². The summed E-state index contributed by atoms with van der Waals surface area (Å²) in [4.78, 5) is 0. The summed E-state index contributed by atoms with van der Waals surface area (Å²) < 4.78 is 5.38. The van der Waals surface area contributed by atoms with Gasteiger partial charge in [0.05, 0.1) is 6.61 Å². The maximum absolute atomic E-state index is 9.75. The van der Waals surface area contributed by atoms with Gasteiger partial charge in [0.25, 0.3) is 0 Å². The molecule has 3 heteroatoms. The zero-order valence-corrected chi connectivity index (χ0v) is 10.3. The van der Waals surface area contributed by atoms with Gasteiger partial charge < -0.3 is 14.9 Å². The van der Waals surface area contributed by atoms with E-state index in [1.807, 2.05) is 12.1 Å². The molecule has 3 atom stereocenters. The van der Waals surface area contributed by atoms with E-state index < -0.39 is 18.3 Å². The van der Waals surface area contributed by atoms with Crippen molar-refractivity contribution in [3.63, 3.8) is 0 Å². The number of benzene rings is 1. The van der Waals surface area contributed by atoms with Gasteiger partial charge in [0.1, 0.15) is 18.3 Å². The van der Waals surface area contributed by atoms with Crippen molar-refractivity contribution in [3.05, 3.63) is 35.4 Å². The minimum absolute atomic E-state index is 0.208. The number of ether oxygens (including phenoxy) is 1. The Kier molecular flexibility index (Phi) is 3.82. The van der Waals surface area contributed by atoms with E-state index in [0.717, 1.165) is 12.0 Å². The van der Waals surface area contributed by atoms with Crippen LogP contribution in [0, 0.1) is 5.92 Å². The maximum atomic E-state index is 9.75. The van der Waals surface area contributed by atoms with Crippen LogP contribution in [0.1, 0.15) is 31.1 Å². The van der Waals surface area contributed by atoms with Gasteiger partial charge in [-0.15, -0.1) is 0 Å². The SMILES string of the molecule is CC(C)Cc1ccc(C2OCC(O)C2O)cc1. The Labute approximate surface area is 102 Å². The molecule has 1 saturated heterocycles. The van der Waals surface area contributed by atoms with Crippen molar-refractivity contribution in [1.29, 1.82) is 0 Å². The van der Waals surface area contributed by atoms with Gasteiger partial charge in [0.15, 0.2) is 0 Å². The van der Waals surface area contributed by atoms with Gasteiger partial charge in [-0.25, -0.2) is 0 Å². The smallest absolute Gasteiger partial charge is 0.112 e. The molecule has 1 fully saturated rings. The lowest BCUT2D eigenvalue weighted by molar-refractivity contribution is 0.0225. The zero-order valence-electron chi connectivity index (χ0n) is 10.3. The molecule has 94 valence electrons. The van der Waals surface area contributed by atoms with Crippen molar-refractivity contribution in [2.75, 3.05) is 6.61 Å². The summed E-state index contributed by atoms with van der Waals surface area (Å²) in [5.74, 6) is 0.635. The molecule has 0 radical (unpaired) electrons. The van der Waals surface area contributed by atoms with Gasteiger partial charge in [0.2, 0.25) is 0 Å². The van der Waals surface area contributed by atoms with Crippen LogP contribution in [0.3, 0.4) is 0 Å². The molecule has 1 aromatic rings. The van der Waals surface area contributed by atoms with Crippen LogP contribution in [0.15, 0.2) is 24.3 Å². The predicted octanol–water partition coefficient (Wildman–Crippen LogP) is 1.68. The molecule has 3 nitrogen and oxygen atoms in total. The number of hydrogen-bond donors (Lipinski definition) is 2. The van der Waals surface area contributed by atoms with Crippen molar-refractivity contribution in [1.82, 2.24) is 0 Å². The summed E-state index contributed by atoms with van der Waals surface area (Å²) in [6.45, 7) is 4.59. The summed E-state index contributed by atoms with van der Waals surface area (Å²) in [5.41, 5.74) is 2.22. The first-order valence-electron chi connectivity index (χ1n) is 6.14. The quantitative estimate of drug-likeness (QED) is 0.839. The average molecular weight is 236 g/mol. The van der Waals surface area contributed by atoms with Crippen LogP contribution in [0.2, 0.25) is 0 Å². The Bertz CT molecular complexity index is 358. The molecular formula is C14H20O3. The van der Waals surface area contributed by atoms with E-state index in [4.69, 9.17) is 4.74 Å². The molecule has 0 aliphatic carbocycles. The van der Waals surface area contributed by atoms with Crippen molar-refractivity contribution in [3.8, 4) is 0 Å². The van der Waals surface area contributed by atoms with Crippen LogP contribution in [-0.2, 0) is 11.2 Å². The summed E-state index contributed by atoms with van der Waals surface area (Å²) in [6, 6.07) is 8.08. The Balaban J connectivity index is 2.08. The molecule has 17 heavy (non-hydrogen) atoms. The van der Waals surface area contributed by atoms with Crippen LogP contribution in [0.25, 0.3) is 0 Å². The molecule has 3 unspecified atom stereocenters. The van der Waals surface area contributed by atoms with Crippen molar-refractivity contribution in [2.45, 2.75) is 38.6 Å². The fraction of sp³-hybridized carbons (Fsp3) is 0.571. The van der Waals surface area contributed by atoms with Crippen molar-refractivity contribution < 1.29 is 14.9 Å². The number of hydrogen-bond acceptors (Lipinski definition) is 3. The average Bonchev–Trinajstić information content (AvgIpc) is 2.60. The van der Waals surface area contributed by atoms with Crippen molar-refractivity contribution in [2.24, 2.45) is 5.92 Å². The second-order valence-electron chi connectivity index (χ2n) is 5.15. The molecule has 1 aliphatic rings. The minimum atomic E-state index is -0.814. The van der Waals surface area contributed by atoms with E-state index in [-0.39, 0.29) is 6.61 Å². The van der Waals surface area contributed by atoms with Crippen LogP contribution in [0.5, 0.6) is 0 Å². The fourth-order valence-electron chi connectivity index (χ4n) is 2.21. The fourth-order valence-corrected chi connectivity index (χ4v) is 2.21. The summed E-state index contributed by atoms with van der Waals surface area (Å²) in [6.07, 6.45) is -0.920. The predicted molar refractivity (Wildman–Crippen MR) is 65.7 cm³/mol. The Morgan fingerprint density at radius 1 is 1.24 bits per heavy atom. The van der Waals surface area contributed by atoms with Gasteiger partial charge >= 0.3 is 0 Å². The third-order valence-electron chi connectivity index (χ3n) is 3.10. The van der Waals surface area contributed by atoms with E-state index >= 15 is 0 Å². The minimum Gasteiger partial charge on any atom is -0.388 e. The van der Waals surface area contributed by atoms with E-state index in [1.54, 1.807) is 0 Å². The van der Waals surface area contributed by atoms with Gasteiger partial charge in [-0.2, -0.15) is 0 Å². The summed E-state index contributed by atoms with van der Waals surface area (Å²) in [7, 11) is 0. The second kappa shape index (κ2) is 5.17. The summed E-state index contributed by atoms with van der Waals surface area (Å²) >= 11 is 0. The molecule has 0 bridgehead atoms. The molecule has 1 heterocycles. The summed E-state index contributed by atoms with van der Waals surface area (Å²) in [5, 5.41) is 19.2. The highest BCUT2D eigenvalue weighted by Crippen LogP contribution is 2.29. The Morgan fingerprint density at radius 3 is 2.35 bits per heavy atom. The molecule has 0 amide bonds. The van der Waals surface area contributed by atoms with Gasteiger partial charge in [-0.3, -0.25) is 0 Å². The highest BCUT2D eigenvalue weighted by Gasteiger charge is 2.35. The largest absolute Gasteiger partial charge is 0.388 e. The van der Waals surface area contributed by atoms with Gasteiger partial charge in [0, 0.05) is 0 Å². The topological polar surface area (TPSA) is 49.7 Å². The van der Waals surface area contributed by atoms with Crippen LogP contribution in [0.4, 0.5) is 0 Å². The first-order valence-corrected chi connectivity index (χ1v) is 6.14. The molecule has 0 aromatic heterocycles. The number of aliphatic hydroxyl groups is 2. The number of rotatable bonds is 3. The van der Waals surface area contributed by atoms with Crippen molar-refractivity contribution >= 4 is 0 Å². The van der Waals surface area contributed by atoms with Gasteiger partial charge in [-0.05, 0) is 23.5 Å². The second-order valence-corrected chi connectivity index (χ2v) is 5.15. The first-order chi connectivity index (χ1) is 8.08. The maximum Gasteiger partial charge on any atom is 0.112 e. The molecule has 0 saturated carbocycles. The van der Waals surface area contributed by atoms with Crippen LogP contribution >= 0.6 is 0 Å². The molecular weight excluding hydrogens is 216 g/mol. The van der Waals surface area contributed by atoms with Gasteiger partial charge in [-0.1, -0.05) is 38.1 Å². The van der Waals surface area contributed by atoms with Crippen LogP contribution in [-0.4, -0.2) is 29.0 Å². The standard InChI is InChI=1S/C14H20O3/c1-9(2)7-10-3-5-11(6-4-10)14-13(16)12(15)8-17-14/h3-6,9,12-16H,7-8H2,1-2H3. The van der Waals surface area contributed by atoms with Crippen LogP contribution < -0.4 is 0 Å². The molecule has 2 rings (SSSR count). The molecule has 0 spiro atoms. The third-order valence-corrected chi connectivity index (χ3v) is 3.10. The normalized spacial score (nSPS) is 28.9. The first kappa shape index (κ1) is 12.6. The molecule has 2 N–H and O–H groups in total.